The third-order valence-electron chi connectivity index (χ3n) is 4.17. The highest BCUT2D eigenvalue weighted by molar-refractivity contribution is 5.95. The molecule has 0 saturated carbocycles. The minimum Gasteiger partial charge on any atom is -0.331 e. The van der Waals surface area contributed by atoms with Crippen molar-refractivity contribution in [3.63, 3.8) is 0 Å². The van der Waals surface area contributed by atoms with E-state index in [1.165, 1.54) is 0 Å². The molecule has 3 rings (SSSR count). The molecule has 5 heteroatoms. The second-order valence-corrected chi connectivity index (χ2v) is 5.75. The summed E-state index contributed by atoms with van der Waals surface area (Å²) < 4.78 is 2.07. The molecule has 0 radical (unpaired) electrons. The maximum Gasteiger partial charge on any atom is 0.241 e. The van der Waals surface area contributed by atoms with Gasteiger partial charge in [0.05, 0.1) is 12.6 Å². The van der Waals surface area contributed by atoms with Crippen LogP contribution in [0.3, 0.4) is 0 Å². The maximum atomic E-state index is 12.4. The summed E-state index contributed by atoms with van der Waals surface area (Å²) in [5.74, 6) is 1.03. The van der Waals surface area contributed by atoms with Crippen LogP contribution in [0.1, 0.15) is 30.7 Å². The molecule has 1 aliphatic heterocycles. The van der Waals surface area contributed by atoms with Crippen molar-refractivity contribution >= 4 is 11.6 Å². The van der Waals surface area contributed by atoms with Crippen LogP contribution in [0.5, 0.6) is 0 Å². The first kappa shape index (κ1) is 14.8. The van der Waals surface area contributed by atoms with Gasteiger partial charge < -0.3 is 15.2 Å². The van der Waals surface area contributed by atoms with E-state index in [0.29, 0.717) is 6.54 Å². The van der Waals surface area contributed by atoms with Crippen molar-refractivity contribution in [2.24, 2.45) is 0 Å². The number of anilines is 1. The predicted octanol–water partition coefficient (Wildman–Crippen LogP) is 2.32. The van der Waals surface area contributed by atoms with Gasteiger partial charge in [-0.2, -0.15) is 0 Å². The molecule has 1 aromatic heterocycles. The molecule has 5 nitrogen and oxygen atoms in total. The lowest BCUT2D eigenvalue weighted by molar-refractivity contribution is -0.118. The number of nitrogens with zero attached hydrogens (tertiary/aromatic N) is 2. The number of carbonyl (C=O) groups excluding carboxylic acids is 1. The van der Waals surface area contributed by atoms with Gasteiger partial charge in [0, 0.05) is 18.1 Å². The van der Waals surface area contributed by atoms with Gasteiger partial charge in [-0.25, -0.2) is 4.98 Å². The Labute approximate surface area is 130 Å². The average molecular weight is 298 g/mol. The zero-order valence-electron chi connectivity index (χ0n) is 12.9. The van der Waals surface area contributed by atoms with Crippen LogP contribution >= 0.6 is 0 Å². The van der Waals surface area contributed by atoms with Crippen molar-refractivity contribution in [2.75, 3.05) is 11.9 Å². The summed E-state index contributed by atoms with van der Waals surface area (Å²) in [5, 5.41) is 6.36. The van der Waals surface area contributed by atoms with Crippen LogP contribution < -0.4 is 10.6 Å². The number of amides is 1. The lowest BCUT2D eigenvalue weighted by atomic mass is 10.0. The topological polar surface area (TPSA) is 59.0 Å². The van der Waals surface area contributed by atoms with E-state index < -0.39 is 0 Å². The van der Waals surface area contributed by atoms with Gasteiger partial charge in [0.15, 0.2) is 0 Å². The van der Waals surface area contributed by atoms with Crippen molar-refractivity contribution in [3.05, 3.63) is 48.0 Å². The molecule has 116 valence electrons. The van der Waals surface area contributed by atoms with Crippen LogP contribution in [-0.2, 0) is 11.3 Å². The Morgan fingerprint density at radius 1 is 1.41 bits per heavy atom. The normalized spacial score (nSPS) is 18.1. The number of nitrogens with one attached hydrogen (secondary N) is 2. The number of aromatic nitrogens is 2. The molecule has 0 aliphatic carbocycles. The Bertz CT molecular complexity index is 644. The molecule has 22 heavy (non-hydrogen) atoms. The van der Waals surface area contributed by atoms with E-state index >= 15 is 0 Å². The van der Waals surface area contributed by atoms with E-state index in [9.17, 15) is 4.79 Å². The van der Waals surface area contributed by atoms with Crippen LogP contribution in [0, 0.1) is 6.92 Å². The number of hydrogen-bond donors (Lipinski definition) is 2. The monoisotopic (exact) mass is 298 g/mol. The second kappa shape index (κ2) is 6.75. The second-order valence-electron chi connectivity index (χ2n) is 5.75. The predicted molar refractivity (Wildman–Crippen MR) is 86.8 cm³/mol. The molecule has 1 atom stereocenters. The lowest BCUT2D eigenvalue weighted by Crippen LogP contribution is -2.43. The fourth-order valence-corrected chi connectivity index (χ4v) is 2.83. The Morgan fingerprint density at radius 2 is 2.27 bits per heavy atom. The Kier molecular flexibility index (Phi) is 4.53. The summed E-state index contributed by atoms with van der Waals surface area (Å²) in [6.07, 6.45) is 6.93. The fourth-order valence-electron chi connectivity index (χ4n) is 2.83. The highest BCUT2D eigenvalue weighted by Gasteiger charge is 2.21. The van der Waals surface area contributed by atoms with Crippen LogP contribution in [-0.4, -0.2) is 28.0 Å². The number of carbonyl (C=O) groups is 1. The molecule has 1 aromatic carbocycles. The molecule has 0 spiro atoms. The fraction of sp³-hybridized carbons (Fsp3) is 0.412. The minimum absolute atomic E-state index is 0.0644. The molecule has 2 heterocycles. The molecule has 2 N–H and O–H groups in total. The number of aryl methyl sites for hydroxylation is 1. The number of benzene rings is 1. The van der Waals surface area contributed by atoms with Gasteiger partial charge in [0.1, 0.15) is 5.82 Å². The van der Waals surface area contributed by atoms with Crippen LogP contribution in [0.25, 0.3) is 0 Å². The van der Waals surface area contributed by atoms with E-state index in [0.717, 1.165) is 42.9 Å². The van der Waals surface area contributed by atoms with E-state index in [4.69, 9.17) is 0 Å². The van der Waals surface area contributed by atoms with Gasteiger partial charge in [0.25, 0.3) is 0 Å². The van der Waals surface area contributed by atoms with Gasteiger partial charge in [-0.05, 0) is 37.9 Å². The molecule has 1 amide bonds. The van der Waals surface area contributed by atoms with Gasteiger partial charge in [0.2, 0.25) is 5.91 Å². The summed E-state index contributed by atoms with van der Waals surface area (Å²) >= 11 is 0. The average Bonchev–Trinajstić information content (AvgIpc) is 2.95. The molecule has 1 fully saturated rings. The van der Waals surface area contributed by atoms with Crippen molar-refractivity contribution < 1.29 is 4.79 Å². The van der Waals surface area contributed by atoms with Crippen LogP contribution in [0.4, 0.5) is 5.69 Å². The molecule has 2 aromatic rings. The maximum absolute atomic E-state index is 12.4. The number of hydrogen-bond acceptors (Lipinski definition) is 3. The molecular weight excluding hydrogens is 276 g/mol. The zero-order valence-corrected chi connectivity index (χ0v) is 12.9. The molecule has 1 aliphatic rings. The zero-order chi connectivity index (χ0) is 15.4. The van der Waals surface area contributed by atoms with Gasteiger partial charge >= 0.3 is 0 Å². The molecule has 1 saturated heterocycles. The highest BCUT2D eigenvalue weighted by Crippen LogP contribution is 2.18. The Morgan fingerprint density at radius 3 is 3.00 bits per heavy atom. The largest absolute Gasteiger partial charge is 0.331 e. The Hall–Kier alpha value is -2.14. The number of rotatable bonds is 4. The SMILES string of the molecule is Cc1nccn1Cc1ccccc1NC(=O)[C@@H]1CCCCN1. The van der Waals surface area contributed by atoms with E-state index in [-0.39, 0.29) is 11.9 Å². The van der Waals surface area contributed by atoms with Gasteiger partial charge in [-0.15, -0.1) is 0 Å². The van der Waals surface area contributed by atoms with Gasteiger partial charge in [-0.3, -0.25) is 4.79 Å². The standard InChI is InChI=1S/C17H22N4O/c1-13-18-10-11-21(13)12-14-6-2-3-7-15(14)20-17(22)16-8-4-5-9-19-16/h2-3,6-7,10-11,16,19H,4-5,8-9,12H2,1H3,(H,20,22)/t16-/m0/s1. The quantitative estimate of drug-likeness (QED) is 0.910. The van der Waals surface area contributed by atoms with Crippen molar-refractivity contribution in [3.8, 4) is 0 Å². The van der Waals surface area contributed by atoms with Crippen molar-refractivity contribution in [1.82, 2.24) is 14.9 Å². The van der Waals surface area contributed by atoms with E-state index in [2.05, 4.69) is 20.2 Å². The molecule has 0 bridgehead atoms. The summed E-state index contributed by atoms with van der Waals surface area (Å²) in [4.78, 5) is 16.6. The van der Waals surface area contributed by atoms with Crippen molar-refractivity contribution in [2.45, 2.75) is 38.8 Å². The third kappa shape index (κ3) is 3.36. The summed E-state index contributed by atoms with van der Waals surface area (Å²) in [5.41, 5.74) is 1.97. The first-order chi connectivity index (χ1) is 10.7. The first-order valence-corrected chi connectivity index (χ1v) is 7.84. The summed E-state index contributed by atoms with van der Waals surface area (Å²) in [7, 11) is 0. The summed E-state index contributed by atoms with van der Waals surface area (Å²) in [6, 6.07) is 7.88. The molecule has 0 unspecified atom stereocenters. The van der Waals surface area contributed by atoms with Gasteiger partial charge in [-0.1, -0.05) is 24.6 Å². The minimum atomic E-state index is -0.0724. The van der Waals surface area contributed by atoms with Crippen LogP contribution in [0.2, 0.25) is 0 Å². The number of para-hydroxylation sites is 1. The molecular formula is C17H22N4O. The van der Waals surface area contributed by atoms with E-state index in [1.54, 1.807) is 6.20 Å². The van der Waals surface area contributed by atoms with Crippen molar-refractivity contribution in [1.29, 1.82) is 0 Å². The smallest absolute Gasteiger partial charge is 0.241 e. The number of imidazole rings is 1. The first-order valence-electron chi connectivity index (χ1n) is 7.84. The van der Waals surface area contributed by atoms with E-state index in [1.807, 2.05) is 37.4 Å². The third-order valence-corrected chi connectivity index (χ3v) is 4.17. The lowest BCUT2D eigenvalue weighted by Gasteiger charge is -2.23. The Balaban J connectivity index is 1.73. The highest BCUT2D eigenvalue weighted by atomic mass is 16.2. The summed E-state index contributed by atoms with van der Waals surface area (Å²) in [6.45, 7) is 3.61. The number of piperidine rings is 1. The van der Waals surface area contributed by atoms with Crippen LogP contribution in [0.15, 0.2) is 36.7 Å².